The van der Waals surface area contributed by atoms with Crippen molar-refractivity contribution in [1.82, 2.24) is 4.98 Å². The van der Waals surface area contributed by atoms with Crippen molar-refractivity contribution in [3.63, 3.8) is 0 Å². The lowest BCUT2D eigenvalue weighted by molar-refractivity contribution is -0.386. The molecular weight excluding hydrogens is 206 g/mol. The summed E-state index contributed by atoms with van der Waals surface area (Å²) in [5.41, 5.74) is 5.83. The molecule has 1 aromatic rings. The molecule has 5 nitrogen and oxygen atoms in total. The van der Waals surface area contributed by atoms with E-state index in [1.54, 1.807) is 0 Å². The van der Waals surface area contributed by atoms with Gasteiger partial charge in [-0.2, -0.15) is 0 Å². The molecule has 1 rings (SSSR count). The smallest absolute Gasteiger partial charge is 0.293 e. The molecule has 6 heteroatoms. The topological polar surface area (TPSA) is 82.0 Å². The van der Waals surface area contributed by atoms with Gasteiger partial charge in [-0.25, -0.2) is 0 Å². The van der Waals surface area contributed by atoms with Crippen LogP contribution in [0.5, 0.6) is 0 Å². The van der Waals surface area contributed by atoms with Gasteiger partial charge in [0.2, 0.25) is 0 Å². The lowest BCUT2D eigenvalue weighted by atomic mass is 10.1. The number of halogens is 1. The van der Waals surface area contributed by atoms with E-state index in [4.69, 9.17) is 17.3 Å². The predicted octanol–water partition coefficient (Wildman–Crippen LogP) is 2.05. The van der Waals surface area contributed by atoms with Gasteiger partial charge in [-0.15, -0.1) is 0 Å². The van der Waals surface area contributed by atoms with Crippen molar-refractivity contribution >= 4 is 17.3 Å². The Kier molecular flexibility index (Phi) is 3.38. The zero-order valence-electron chi connectivity index (χ0n) is 7.61. The highest BCUT2D eigenvalue weighted by molar-refractivity contribution is 6.30. The standard InChI is InChI=1S/C8H10ClN3O2/c1-2-6(10)8-7(12(13)14)3-5(9)4-11-8/h3-4,6H,2,10H2,1H3/t6-/m0/s1. The first-order valence-electron chi connectivity index (χ1n) is 4.11. The van der Waals surface area contributed by atoms with Crippen LogP contribution >= 0.6 is 11.6 Å². The second-order valence-electron chi connectivity index (χ2n) is 2.83. The van der Waals surface area contributed by atoms with E-state index in [9.17, 15) is 10.1 Å². The summed E-state index contributed by atoms with van der Waals surface area (Å²) in [5.74, 6) is 0. The third-order valence-corrected chi connectivity index (χ3v) is 2.06. The molecule has 0 saturated heterocycles. The number of hydrogen-bond donors (Lipinski definition) is 1. The fourth-order valence-electron chi connectivity index (χ4n) is 1.06. The van der Waals surface area contributed by atoms with Crippen LogP contribution < -0.4 is 5.73 Å². The monoisotopic (exact) mass is 215 g/mol. The van der Waals surface area contributed by atoms with Gasteiger partial charge in [-0.05, 0) is 6.42 Å². The number of aromatic nitrogens is 1. The Morgan fingerprint density at radius 1 is 1.79 bits per heavy atom. The molecule has 0 spiro atoms. The predicted molar refractivity (Wildman–Crippen MR) is 53.1 cm³/mol. The third kappa shape index (κ3) is 2.18. The Balaban J connectivity index is 3.21. The fraction of sp³-hybridized carbons (Fsp3) is 0.375. The number of rotatable bonds is 3. The summed E-state index contributed by atoms with van der Waals surface area (Å²) in [6, 6.07) is 0.840. The molecule has 0 fully saturated rings. The average Bonchev–Trinajstić information content (AvgIpc) is 2.16. The highest BCUT2D eigenvalue weighted by Gasteiger charge is 2.20. The van der Waals surface area contributed by atoms with E-state index in [0.717, 1.165) is 0 Å². The summed E-state index contributed by atoms with van der Waals surface area (Å²) in [4.78, 5) is 14.0. The normalized spacial score (nSPS) is 12.5. The second-order valence-corrected chi connectivity index (χ2v) is 3.27. The highest BCUT2D eigenvalue weighted by Crippen LogP contribution is 2.25. The van der Waals surface area contributed by atoms with Crippen molar-refractivity contribution in [3.05, 3.63) is 33.1 Å². The van der Waals surface area contributed by atoms with Crippen LogP contribution in [0.25, 0.3) is 0 Å². The minimum absolute atomic E-state index is 0.119. The Morgan fingerprint density at radius 2 is 2.43 bits per heavy atom. The maximum Gasteiger partial charge on any atom is 0.293 e. The Bertz CT molecular complexity index is 356. The molecule has 0 amide bonds. The van der Waals surface area contributed by atoms with E-state index < -0.39 is 11.0 Å². The first kappa shape index (κ1) is 10.9. The van der Waals surface area contributed by atoms with Crippen LogP contribution in [0.1, 0.15) is 25.1 Å². The molecule has 0 aliphatic heterocycles. The summed E-state index contributed by atoms with van der Waals surface area (Å²) >= 11 is 5.60. The van der Waals surface area contributed by atoms with Crippen LogP contribution in [0.15, 0.2) is 12.3 Å². The molecule has 0 saturated carbocycles. The van der Waals surface area contributed by atoms with Crippen molar-refractivity contribution in [2.45, 2.75) is 19.4 Å². The number of nitrogens with zero attached hydrogens (tertiary/aromatic N) is 2. The molecule has 1 atom stereocenters. The van der Waals surface area contributed by atoms with Crippen molar-refractivity contribution in [1.29, 1.82) is 0 Å². The second kappa shape index (κ2) is 4.34. The van der Waals surface area contributed by atoms with Crippen molar-refractivity contribution in [2.75, 3.05) is 0 Å². The molecule has 14 heavy (non-hydrogen) atoms. The van der Waals surface area contributed by atoms with E-state index in [2.05, 4.69) is 4.98 Å². The van der Waals surface area contributed by atoms with Crippen molar-refractivity contribution < 1.29 is 4.92 Å². The minimum atomic E-state index is -0.524. The molecule has 0 aliphatic rings. The summed E-state index contributed by atoms with van der Waals surface area (Å²) in [5, 5.41) is 10.9. The van der Waals surface area contributed by atoms with Crippen LogP contribution in [0.3, 0.4) is 0 Å². The lowest BCUT2D eigenvalue weighted by Gasteiger charge is -2.07. The molecular formula is C8H10ClN3O2. The zero-order chi connectivity index (χ0) is 10.7. The van der Waals surface area contributed by atoms with E-state index in [-0.39, 0.29) is 16.4 Å². The quantitative estimate of drug-likeness (QED) is 0.618. The van der Waals surface area contributed by atoms with Gasteiger partial charge in [0.25, 0.3) is 5.69 Å². The van der Waals surface area contributed by atoms with E-state index in [1.807, 2.05) is 6.92 Å². The minimum Gasteiger partial charge on any atom is -0.322 e. The van der Waals surface area contributed by atoms with Gasteiger partial charge in [-0.1, -0.05) is 18.5 Å². The van der Waals surface area contributed by atoms with Gasteiger partial charge in [0, 0.05) is 12.3 Å². The van der Waals surface area contributed by atoms with Crippen LogP contribution in [-0.2, 0) is 0 Å². The van der Waals surface area contributed by atoms with Crippen molar-refractivity contribution in [2.24, 2.45) is 5.73 Å². The summed E-state index contributed by atoms with van der Waals surface area (Å²) < 4.78 is 0. The SMILES string of the molecule is CC[C@H](N)c1ncc(Cl)cc1[N+](=O)[O-]. The Morgan fingerprint density at radius 3 is 2.93 bits per heavy atom. The maximum absolute atomic E-state index is 10.6. The molecule has 0 aromatic carbocycles. The molecule has 2 N–H and O–H groups in total. The Hall–Kier alpha value is -1.20. The molecule has 0 aliphatic carbocycles. The fourth-order valence-corrected chi connectivity index (χ4v) is 1.22. The van der Waals surface area contributed by atoms with Crippen LogP contribution in [0, 0.1) is 10.1 Å². The van der Waals surface area contributed by atoms with Crippen LogP contribution in [0.4, 0.5) is 5.69 Å². The molecule has 0 radical (unpaired) electrons. The van der Waals surface area contributed by atoms with Gasteiger partial charge in [0.1, 0.15) is 5.69 Å². The average molecular weight is 216 g/mol. The van der Waals surface area contributed by atoms with Gasteiger partial charge in [0.15, 0.2) is 0 Å². The van der Waals surface area contributed by atoms with Crippen molar-refractivity contribution in [3.8, 4) is 0 Å². The van der Waals surface area contributed by atoms with Crippen LogP contribution in [0.2, 0.25) is 5.02 Å². The summed E-state index contributed by atoms with van der Waals surface area (Å²) in [6.07, 6.45) is 1.95. The Labute approximate surface area is 86.0 Å². The largest absolute Gasteiger partial charge is 0.322 e. The molecule has 0 unspecified atom stereocenters. The maximum atomic E-state index is 10.6. The van der Waals surface area contributed by atoms with E-state index >= 15 is 0 Å². The third-order valence-electron chi connectivity index (χ3n) is 1.85. The number of pyridine rings is 1. The number of nitrogens with two attached hydrogens (primary N) is 1. The zero-order valence-corrected chi connectivity index (χ0v) is 8.36. The van der Waals surface area contributed by atoms with E-state index in [1.165, 1.54) is 12.3 Å². The first-order valence-corrected chi connectivity index (χ1v) is 4.49. The van der Waals surface area contributed by atoms with Gasteiger partial charge >= 0.3 is 0 Å². The summed E-state index contributed by atoms with van der Waals surface area (Å²) in [6.45, 7) is 1.84. The highest BCUT2D eigenvalue weighted by atomic mass is 35.5. The molecule has 1 aromatic heterocycles. The molecule has 1 heterocycles. The number of nitro groups is 1. The summed E-state index contributed by atoms with van der Waals surface area (Å²) in [7, 11) is 0. The van der Waals surface area contributed by atoms with E-state index in [0.29, 0.717) is 6.42 Å². The number of hydrogen-bond acceptors (Lipinski definition) is 4. The van der Waals surface area contributed by atoms with Crippen LogP contribution in [-0.4, -0.2) is 9.91 Å². The lowest BCUT2D eigenvalue weighted by Crippen LogP contribution is -2.13. The van der Waals surface area contributed by atoms with Gasteiger partial charge < -0.3 is 5.73 Å². The molecule has 76 valence electrons. The van der Waals surface area contributed by atoms with Gasteiger partial charge in [0.05, 0.1) is 16.0 Å². The molecule has 0 bridgehead atoms. The van der Waals surface area contributed by atoms with Gasteiger partial charge in [-0.3, -0.25) is 15.1 Å². The first-order chi connectivity index (χ1) is 6.56.